The molecular formula is C26H35N3O7S. The molecule has 0 spiro atoms. The quantitative estimate of drug-likeness (QED) is 0.208. The van der Waals surface area contributed by atoms with Gasteiger partial charge in [-0.2, -0.15) is 0 Å². The molecule has 3 rings (SSSR count). The Balaban J connectivity index is 1.49. The number of esters is 1. The number of phenols is 1. The summed E-state index contributed by atoms with van der Waals surface area (Å²) in [4.78, 5) is 50.0. The Hall–Kier alpha value is -3.05. The summed E-state index contributed by atoms with van der Waals surface area (Å²) in [7, 11) is 1.52. The van der Waals surface area contributed by atoms with Crippen LogP contribution in [0.5, 0.6) is 11.5 Å². The molecule has 3 amide bonds. The van der Waals surface area contributed by atoms with Crippen LogP contribution in [0.2, 0.25) is 0 Å². The molecule has 0 saturated carbocycles. The van der Waals surface area contributed by atoms with Crippen molar-refractivity contribution in [3.8, 4) is 11.5 Å². The molecule has 2 heterocycles. The van der Waals surface area contributed by atoms with Crippen molar-refractivity contribution < 1.29 is 33.8 Å². The number of likely N-dealkylation sites (tertiary alicyclic amines) is 1. The third kappa shape index (κ3) is 6.45. The van der Waals surface area contributed by atoms with Crippen LogP contribution < -0.4 is 15.8 Å². The zero-order chi connectivity index (χ0) is 27.3. The van der Waals surface area contributed by atoms with E-state index in [4.69, 9.17) is 15.2 Å². The van der Waals surface area contributed by atoms with Crippen LogP contribution in [0.3, 0.4) is 0 Å². The predicted molar refractivity (Wildman–Crippen MR) is 139 cm³/mol. The molecule has 0 radical (unpaired) electrons. The van der Waals surface area contributed by atoms with Crippen LogP contribution in [0.4, 0.5) is 0 Å². The number of methoxy groups -OCH3 is 1. The fraction of sp³-hybridized carbons (Fsp3) is 0.538. The van der Waals surface area contributed by atoms with Crippen molar-refractivity contribution in [3.63, 3.8) is 0 Å². The highest BCUT2D eigenvalue weighted by atomic mass is 32.2. The lowest BCUT2D eigenvalue weighted by Crippen LogP contribution is -2.37. The van der Waals surface area contributed by atoms with Crippen LogP contribution in [0.1, 0.15) is 60.2 Å². The first kappa shape index (κ1) is 28.5. The minimum absolute atomic E-state index is 0.115. The van der Waals surface area contributed by atoms with Gasteiger partial charge in [-0.1, -0.05) is 11.6 Å². The lowest BCUT2D eigenvalue weighted by Gasteiger charge is -2.17. The van der Waals surface area contributed by atoms with Crippen LogP contribution in [-0.2, 0) is 32.1 Å². The number of ether oxygens (including phenoxy) is 2. The molecule has 1 aromatic rings. The van der Waals surface area contributed by atoms with Gasteiger partial charge in [0, 0.05) is 48.9 Å². The maximum absolute atomic E-state index is 12.4. The summed E-state index contributed by atoms with van der Waals surface area (Å²) in [5.74, 6) is -0.152. The Morgan fingerprint density at radius 2 is 2.08 bits per heavy atom. The van der Waals surface area contributed by atoms with Gasteiger partial charge in [0.15, 0.2) is 0 Å². The molecule has 0 aliphatic carbocycles. The number of hydrogen-bond donors (Lipinski definition) is 3. The highest BCUT2D eigenvalue weighted by Gasteiger charge is 2.38. The number of cyclic esters (lactones) is 1. The van der Waals surface area contributed by atoms with Crippen molar-refractivity contribution in [1.82, 2.24) is 10.2 Å². The summed E-state index contributed by atoms with van der Waals surface area (Å²) in [6.45, 7) is 6.19. The molecule has 0 bridgehead atoms. The third-order valence-corrected chi connectivity index (χ3v) is 8.02. The van der Waals surface area contributed by atoms with E-state index in [2.05, 4.69) is 5.32 Å². The van der Waals surface area contributed by atoms with Crippen LogP contribution >= 0.6 is 11.8 Å². The van der Waals surface area contributed by atoms with Crippen molar-refractivity contribution in [1.29, 1.82) is 0 Å². The van der Waals surface area contributed by atoms with Gasteiger partial charge in [-0.05, 0) is 39.2 Å². The number of phenolic OH excluding ortho intramolecular Hbond substituents is 1. The fourth-order valence-corrected chi connectivity index (χ4v) is 5.65. The molecule has 4 N–H and O–H groups in total. The minimum Gasteiger partial charge on any atom is -0.507 e. The summed E-state index contributed by atoms with van der Waals surface area (Å²) >= 11 is 1.37. The highest BCUT2D eigenvalue weighted by molar-refractivity contribution is 8.00. The lowest BCUT2D eigenvalue weighted by molar-refractivity contribution is -0.138. The Bertz CT molecular complexity index is 1120. The average molecular weight is 534 g/mol. The molecular weight excluding hydrogens is 498 g/mol. The molecule has 1 saturated heterocycles. The normalized spacial score (nSPS) is 18.2. The number of rotatable bonds is 12. The Morgan fingerprint density at radius 3 is 2.76 bits per heavy atom. The number of hydrogen-bond acceptors (Lipinski definition) is 9. The number of allylic oxidation sites excluding steroid dienone is 2. The molecule has 2 aliphatic rings. The van der Waals surface area contributed by atoms with E-state index in [0.29, 0.717) is 35.5 Å². The number of carbonyl (C=O) groups excluding carboxylic acids is 4. The van der Waals surface area contributed by atoms with E-state index in [1.165, 1.54) is 23.8 Å². The first-order valence-corrected chi connectivity index (χ1v) is 13.3. The van der Waals surface area contributed by atoms with Crippen molar-refractivity contribution in [2.45, 2.75) is 64.4 Å². The SMILES string of the molecule is COc1c(C)c2c(c(O)c1C/C=C(\C)CCC(=O)NC(C)CSC1CC(=O)N(CCN)C1=O)C(=O)OC2. The van der Waals surface area contributed by atoms with Crippen molar-refractivity contribution in [3.05, 3.63) is 33.9 Å². The van der Waals surface area contributed by atoms with E-state index >= 15 is 0 Å². The average Bonchev–Trinajstić information content (AvgIpc) is 3.37. The summed E-state index contributed by atoms with van der Waals surface area (Å²) in [5, 5.41) is 13.2. The molecule has 2 aliphatic heterocycles. The Labute approximate surface area is 220 Å². The topological polar surface area (TPSA) is 148 Å². The van der Waals surface area contributed by atoms with E-state index in [9.17, 15) is 24.3 Å². The number of fused-ring (bicyclic) bond motifs is 1. The van der Waals surface area contributed by atoms with E-state index in [0.717, 1.165) is 11.1 Å². The molecule has 1 fully saturated rings. The summed E-state index contributed by atoms with van der Waals surface area (Å²) in [5.41, 5.74) is 8.54. The van der Waals surface area contributed by atoms with Crippen LogP contribution in [-0.4, -0.2) is 70.9 Å². The van der Waals surface area contributed by atoms with E-state index in [1.54, 1.807) is 0 Å². The fourth-order valence-electron chi connectivity index (χ4n) is 4.51. The number of imide groups is 1. The standard InChI is InChI=1S/C26H35N3O7S/c1-14(5-7-17-23(32)22-18(12-36-26(22)34)16(3)24(17)35-4)6-8-20(30)28-15(2)13-37-19-11-21(31)29(10-9-27)25(19)33/h5,15,19,32H,6-13,27H2,1-4H3,(H,28,30)/b14-5+. The zero-order valence-electron chi connectivity index (χ0n) is 21.7. The molecule has 2 unspecified atom stereocenters. The minimum atomic E-state index is -0.541. The van der Waals surface area contributed by atoms with Gasteiger partial charge in [0.1, 0.15) is 23.7 Å². The van der Waals surface area contributed by atoms with Gasteiger partial charge in [-0.25, -0.2) is 4.79 Å². The summed E-state index contributed by atoms with van der Waals surface area (Å²) < 4.78 is 10.6. The van der Waals surface area contributed by atoms with E-state index < -0.39 is 11.2 Å². The van der Waals surface area contributed by atoms with E-state index in [-0.39, 0.29) is 67.6 Å². The highest BCUT2D eigenvalue weighted by Crippen LogP contribution is 2.42. The largest absolute Gasteiger partial charge is 0.507 e. The number of aromatic hydroxyl groups is 1. The molecule has 10 nitrogen and oxygen atoms in total. The van der Waals surface area contributed by atoms with Gasteiger partial charge in [0.05, 0.1) is 12.4 Å². The number of benzene rings is 1. The smallest absolute Gasteiger partial charge is 0.342 e. The van der Waals surface area contributed by atoms with Gasteiger partial charge in [-0.3, -0.25) is 19.3 Å². The second-order valence-corrected chi connectivity index (χ2v) is 10.6. The van der Waals surface area contributed by atoms with Gasteiger partial charge < -0.3 is 25.6 Å². The molecule has 2 atom stereocenters. The van der Waals surface area contributed by atoms with Gasteiger partial charge in [0.2, 0.25) is 17.7 Å². The predicted octanol–water partition coefficient (Wildman–Crippen LogP) is 1.97. The number of nitrogens with two attached hydrogens (primary N) is 1. The number of carbonyl (C=O) groups is 4. The van der Waals surface area contributed by atoms with Crippen molar-refractivity contribution >= 4 is 35.5 Å². The van der Waals surface area contributed by atoms with Gasteiger partial charge in [-0.15, -0.1) is 11.8 Å². The molecule has 1 aromatic carbocycles. The van der Waals surface area contributed by atoms with Gasteiger partial charge in [0.25, 0.3) is 0 Å². The molecule has 37 heavy (non-hydrogen) atoms. The summed E-state index contributed by atoms with van der Waals surface area (Å²) in [6.07, 6.45) is 3.21. The van der Waals surface area contributed by atoms with E-state index in [1.807, 2.05) is 26.8 Å². The van der Waals surface area contributed by atoms with Gasteiger partial charge >= 0.3 is 5.97 Å². The number of nitrogens with one attached hydrogen (secondary N) is 1. The number of amides is 3. The molecule has 202 valence electrons. The number of thioether (sulfide) groups is 1. The number of nitrogens with zero attached hydrogens (tertiary/aromatic N) is 1. The lowest BCUT2D eigenvalue weighted by atomic mass is 9.94. The van der Waals surface area contributed by atoms with Crippen LogP contribution in [0.25, 0.3) is 0 Å². The summed E-state index contributed by atoms with van der Waals surface area (Å²) in [6, 6.07) is -0.163. The van der Waals surface area contributed by atoms with Crippen LogP contribution in [0, 0.1) is 6.92 Å². The third-order valence-electron chi connectivity index (χ3n) is 6.56. The van der Waals surface area contributed by atoms with Crippen molar-refractivity contribution in [2.75, 3.05) is 26.0 Å². The van der Waals surface area contributed by atoms with Crippen molar-refractivity contribution in [2.24, 2.45) is 5.73 Å². The Kier molecular flexibility index (Phi) is 9.61. The maximum Gasteiger partial charge on any atom is 0.342 e. The molecule has 11 heteroatoms. The van der Waals surface area contributed by atoms with Crippen LogP contribution in [0.15, 0.2) is 11.6 Å². The Morgan fingerprint density at radius 1 is 1.35 bits per heavy atom. The first-order valence-electron chi connectivity index (χ1n) is 12.3. The second kappa shape index (κ2) is 12.5. The maximum atomic E-state index is 12.4. The second-order valence-electron chi connectivity index (χ2n) is 9.34. The molecule has 0 aromatic heterocycles. The first-order chi connectivity index (χ1) is 17.6. The zero-order valence-corrected chi connectivity index (χ0v) is 22.5. The monoisotopic (exact) mass is 533 g/mol.